The van der Waals surface area contributed by atoms with E-state index in [0.29, 0.717) is 0 Å². The Morgan fingerprint density at radius 3 is 0.550 bits per heavy atom. The average molecular weight is 603 g/mol. The van der Waals surface area contributed by atoms with Gasteiger partial charge in [0.25, 0.3) is 0 Å². The van der Waals surface area contributed by atoms with Gasteiger partial charge >= 0.3 is 0 Å². The highest BCUT2D eigenvalue weighted by molar-refractivity contribution is 7.75. The normalized spacial score (nSPS) is 11.7. The lowest BCUT2D eigenvalue weighted by Gasteiger charge is -2.28. The Morgan fingerprint density at radius 1 is 0.225 bits per heavy atom. The SMILES string of the molecule is CCCCCCCCCCCC[P+](CCCCCCC)(CCCCCCC)CCCCCCCCCCCC.[Cl-]. The largest absolute Gasteiger partial charge is 1.00 e. The molecule has 0 rings (SSSR count). The second kappa shape index (κ2) is 35.9. The maximum Gasteiger partial charge on any atom is 0.0594 e. The predicted octanol–water partition coefficient (Wildman–Crippen LogP) is 11.8. The van der Waals surface area contributed by atoms with E-state index in [1.165, 1.54) is 167 Å². The molecule has 0 aliphatic heterocycles. The lowest BCUT2D eigenvalue weighted by molar-refractivity contribution is -0.00000887. The van der Waals surface area contributed by atoms with E-state index < -0.39 is 7.26 Å². The molecule has 0 aromatic rings. The molecule has 0 N–H and O–H groups in total. The highest BCUT2D eigenvalue weighted by Crippen LogP contribution is 2.61. The van der Waals surface area contributed by atoms with Crippen LogP contribution in [0.4, 0.5) is 0 Å². The van der Waals surface area contributed by atoms with E-state index in [0.717, 1.165) is 0 Å². The summed E-state index contributed by atoms with van der Waals surface area (Å²) in [6, 6.07) is 0. The molecule has 0 atom stereocenters. The van der Waals surface area contributed by atoms with Gasteiger partial charge in [-0.05, 0) is 51.4 Å². The minimum atomic E-state index is -0.741. The minimum absolute atomic E-state index is 0. The lowest BCUT2D eigenvalue weighted by atomic mass is 10.1. The standard InChI is InChI=1S/C38H80P.ClH/c1-5-9-13-17-19-21-23-25-29-33-37-39(35-31-27-15-11-7-3,36-32-28-16-12-8-4)38-34-30-26-24-22-20-18-14-10-6-2;/h5-38H2,1-4H3;1H/q+1;/p-1. The first-order chi connectivity index (χ1) is 19.2. The van der Waals surface area contributed by atoms with Crippen LogP contribution < -0.4 is 12.4 Å². The summed E-state index contributed by atoms with van der Waals surface area (Å²) in [6.45, 7) is 9.39. The maximum atomic E-state index is 2.37. The number of halogens is 1. The van der Waals surface area contributed by atoms with E-state index in [4.69, 9.17) is 0 Å². The fourth-order valence-electron chi connectivity index (χ4n) is 6.64. The van der Waals surface area contributed by atoms with Crippen molar-refractivity contribution < 1.29 is 12.4 Å². The Hall–Kier alpha value is 0.720. The molecule has 0 saturated carbocycles. The monoisotopic (exact) mass is 603 g/mol. The van der Waals surface area contributed by atoms with Crippen molar-refractivity contribution in [1.82, 2.24) is 0 Å². The summed E-state index contributed by atoms with van der Waals surface area (Å²) in [5, 5.41) is 0. The maximum absolute atomic E-state index is 2.37. The Morgan fingerprint density at radius 2 is 0.375 bits per heavy atom. The number of hydrogen-bond acceptors (Lipinski definition) is 0. The van der Waals surface area contributed by atoms with Crippen LogP contribution in [0.1, 0.15) is 220 Å². The summed E-state index contributed by atoms with van der Waals surface area (Å²) in [5.74, 6) is 0. The summed E-state index contributed by atoms with van der Waals surface area (Å²) in [4.78, 5) is 0. The first-order valence-corrected chi connectivity index (χ1v) is 21.6. The third-order valence-corrected chi connectivity index (χ3v) is 14.5. The average Bonchev–Trinajstić information content (AvgIpc) is 2.94. The smallest absolute Gasteiger partial charge is 0.0594 e. The fraction of sp³-hybridized carbons (Fsp3) is 1.00. The van der Waals surface area contributed by atoms with Gasteiger partial charge in [0.15, 0.2) is 0 Å². The van der Waals surface area contributed by atoms with Crippen molar-refractivity contribution in [3.63, 3.8) is 0 Å². The van der Waals surface area contributed by atoms with E-state index in [-0.39, 0.29) is 12.4 Å². The second-order valence-electron chi connectivity index (χ2n) is 13.4. The highest BCUT2D eigenvalue weighted by atomic mass is 35.5. The third kappa shape index (κ3) is 30.2. The molecule has 0 aliphatic rings. The van der Waals surface area contributed by atoms with Gasteiger partial charge in [-0.1, -0.05) is 169 Å². The van der Waals surface area contributed by atoms with Crippen LogP contribution in [-0.2, 0) is 0 Å². The number of unbranched alkanes of at least 4 members (excludes halogenated alkanes) is 26. The Kier molecular flexibility index (Phi) is 38.5. The van der Waals surface area contributed by atoms with Crippen molar-refractivity contribution in [1.29, 1.82) is 0 Å². The highest BCUT2D eigenvalue weighted by Gasteiger charge is 2.34. The molecule has 0 nitrogen and oxygen atoms in total. The van der Waals surface area contributed by atoms with E-state index in [2.05, 4.69) is 27.7 Å². The third-order valence-electron chi connectivity index (χ3n) is 9.44. The van der Waals surface area contributed by atoms with Gasteiger partial charge in [0, 0.05) is 7.26 Å². The van der Waals surface area contributed by atoms with Crippen LogP contribution in [0, 0.1) is 0 Å². The zero-order valence-electron chi connectivity index (χ0n) is 28.9. The number of rotatable bonds is 34. The molecular formula is C38H80ClP. The molecule has 0 amide bonds. The molecule has 40 heavy (non-hydrogen) atoms. The lowest BCUT2D eigenvalue weighted by Crippen LogP contribution is -3.00. The van der Waals surface area contributed by atoms with Crippen molar-refractivity contribution in [3.05, 3.63) is 0 Å². The molecular weight excluding hydrogens is 523 g/mol. The molecule has 0 aromatic carbocycles. The molecule has 0 fully saturated rings. The molecule has 0 saturated heterocycles. The molecule has 0 heterocycles. The van der Waals surface area contributed by atoms with Crippen LogP contribution in [-0.4, -0.2) is 24.6 Å². The van der Waals surface area contributed by atoms with Gasteiger partial charge in [0.2, 0.25) is 0 Å². The van der Waals surface area contributed by atoms with Crippen LogP contribution in [0.2, 0.25) is 0 Å². The van der Waals surface area contributed by atoms with Gasteiger partial charge in [0.1, 0.15) is 0 Å². The summed E-state index contributed by atoms with van der Waals surface area (Å²) in [5.41, 5.74) is 0. The zero-order valence-corrected chi connectivity index (χ0v) is 30.5. The predicted molar refractivity (Wildman–Crippen MR) is 188 cm³/mol. The number of hydrogen-bond donors (Lipinski definition) is 0. The van der Waals surface area contributed by atoms with Crippen molar-refractivity contribution in [2.75, 3.05) is 24.6 Å². The Bertz CT molecular complexity index is 397. The van der Waals surface area contributed by atoms with Gasteiger partial charge in [-0.25, -0.2) is 0 Å². The summed E-state index contributed by atoms with van der Waals surface area (Å²) in [7, 11) is -0.741. The van der Waals surface area contributed by atoms with Crippen LogP contribution in [0.25, 0.3) is 0 Å². The molecule has 0 aromatic heterocycles. The Labute approximate surface area is 263 Å². The summed E-state index contributed by atoms with van der Waals surface area (Å²) >= 11 is 0. The van der Waals surface area contributed by atoms with E-state index >= 15 is 0 Å². The molecule has 0 unspecified atom stereocenters. The summed E-state index contributed by atoms with van der Waals surface area (Å²) in [6.07, 6.45) is 51.2. The first-order valence-electron chi connectivity index (χ1n) is 19.1. The van der Waals surface area contributed by atoms with Crippen LogP contribution in [0.5, 0.6) is 0 Å². The molecule has 2 heteroatoms. The van der Waals surface area contributed by atoms with Crippen LogP contribution >= 0.6 is 7.26 Å². The fourth-order valence-corrected chi connectivity index (χ4v) is 11.6. The van der Waals surface area contributed by atoms with E-state index in [1.54, 1.807) is 50.3 Å². The van der Waals surface area contributed by atoms with Crippen molar-refractivity contribution in [3.8, 4) is 0 Å². The minimum Gasteiger partial charge on any atom is -1.00 e. The van der Waals surface area contributed by atoms with Crippen molar-refractivity contribution >= 4 is 7.26 Å². The molecule has 0 spiro atoms. The van der Waals surface area contributed by atoms with Crippen LogP contribution in [0.3, 0.4) is 0 Å². The molecule has 244 valence electrons. The van der Waals surface area contributed by atoms with E-state index in [1.807, 2.05) is 0 Å². The molecule has 0 bridgehead atoms. The van der Waals surface area contributed by atoms with Gasteiger partial charge < -0.3 is 12.4 Å². The van der Waals surface area contributed by atoms with Gasteiger partial charge in [-0.2, -0.15) is 0 Å². The summed E-state index contributed by atoms with van der Waals surface area (Å²) < 4.78 is 0. The van der Waals surface area contributed by atoms with Gasteiger partial charge in [-0.3, -0.25) is 0 Å². The topological polar surface area (TPSA) is 0 Å². The van der Waals surface area contributed by atoms with Crippen LogP contribution in [0.15, 0.2) is 0 Å². The molecule has 0 aliphatic carbocycles. The zero-order chi connectivity index (χ0) is 28.5. The first kappa shape index (κ1) is 42.9. The molecule has 0 radical (unpaired) electrons. The Balaban J connectivity index is 0. The van der Waals surface area contributed by atoms with Gasteiger partial charge in [-0.15, -0.1) is 0 Å². The van der Waals surface area contributed by atoms with E-state index in [9.17, 15) is 0 Å². The van der Waals surface area contributed by atoms with Crippen molar-refractivity contribution in [2.24, 2.45) is 0 Å². The quantitative estimate of drug-likeness (QED) is 0.0507. The van der Waals surface area contributed by atoms with Crippen molar-refractivity contribution in [2.45, 2.75) is 220 Å². The van der Waals surface area contributed by atoms with Gasteiger partial charge in [0.05, 0.1) is 24.6 Å². The second-order valence-corrected chi connectivity index (χ2v) is 17.9.